The molecule has 0 fully saturated rings. The first-order valence-electron chi connectivity index (χ1n) is 3.44. The molecule has 1 aliphatic carbocycles. The van der Waals surface area contributed by atoms with Crippen LogP contribution in [0.15, 0.2) is 6.20 Å². The Morgan fingerprint density at radius 3 is 2.73 bits per heavy atom. The molecule has 0 bridgehead atoms. The van der Waals surface area contributed by atoms with Crippen LogP contribution in [-0.4, -0.2) is 16.6 Å². The van der Waals surface area contributed by atoms with Crippen molar-refractivity contribution in [2.75, 3.05) is 0 Å². The molecule has 0 unspecified atom stereocenters. The van der Waals surface area contributed by atoms with Gasteiger partial charge in [0.15, 0.2) is 11.6 Å². The van der Waals surface area contributed by atoms with Gasteiger partial charge >= 0.3 is 0 Å². The van der Waals surface area contributed by atoms with E-state index in [9.17, 15) is 9.59 Å². The Hall–Kier alpha value is -1.38. The zero-order valence-electron chi connectivity index (χ0n) is 5.81. The summed E-state index contributed by atoms with van der Waals surface area (Å²) in [5.74, 6) is 0.0294. The summed E-state index contributed by atoms with van der Waals surface area (Å²) in [4.78, 5) is 24.9. The second-order valence-corrected chi connectivity index (χ2v) is 2.53. The van der Waals surface area contributed by atoms with Crippen molar-refractivity contribution < 1.29 is 9.59 Å². The first-order chi connectivity index (χ1) is 5.29. The highest BCUT2D eigenvalue weighted by Gasteiger charge is 2.24. The maximum atomic E-state index is 11.1. The quantitative estimate of drug-likeness (QED) is 0.596. The van der Waals surface area contributed by atoms with Crippen LogP contribution in [0.4, 0.5) is 0 Å². The minimum atomic E-state index is 0.0147. The summed E-state index contributed by atoms with van der Waals surface area (Å²) in [6.45, 7) is 0. The third-order valence-electron chi connectivity index (χ3n) is 1.82. The van der Waals surface area contributed by atoms with E-state index in [2.05, 4.69) is 11.1 Å². The molecule has 1 heterocycles. The summed E-state index contributed by atoms with van der Waals surface area (Å²) >= 11 is 0. The van der Waals surface area contributed by atoms with Crippen molar-refractivity contribution in [3.63, 3.8) is 0 Å². The largest absolute Gasteiger partial charge is 0.358 e. The molecule has 0 aromatic carbocycles. The van der Waals surface area contributed by atoms with E-state index in [0.29, 0.717) is 24.1 Å². The topological polar surface area (TPSA) is 49.9 Å². The Kier molecular flexibility index (Phi) is 1.18. The fraction of sp³-hybridized carbons (Fsp3) is 0.250. The number of H-pyrrole nitrogens is 1. The predicted octanol–water partition coefficient (Wildman–Crippen LogP) is 0.974. The van der Waals surface area contributed by atoms with Gasteiger partial charge in [-0.25, -0.2) is 0 Å². The Balaban J connectivity index is 2.59. The third kappa shape index (κ3) is 0.808. The molecule has 11 heavy (non-hydrogen) atoms. The second-order valence-electron chi connectivity index (χ2n) is 2.53. The summed E-state index contributed by atoms with van der Waals surface area (Å²) in [6.07, 6.45) is 2.17. The summed E-state index contributed by atoms with van der Waals surface area (Å²) < 4.78 is 0. The molecule has 1 aliphatic rings. The lowest BCUT2D eigenvalue weighted by Gasteiger charge is -2.06. The lowest BCUT2D eigenvalue weighted by atomic mass is 9.96. The van der Waals surface area contributed by atoms with Gasteiger partial charge in [-0.3, -0.25) is 9.59 Å². The molecule has 1 aromatic heterocycles. The van der Waals surface area contributed by atoms with Crippen LogP contribution in [0.1, 0.15) is 33.7 Å². The van der Waals surface area contributed by atoms with Crippen LogP contribution in [0.5, 0.6) is 0 Å². The zero-order valence-corrected chi connectivity index (χ0v) is 5.81. The molecular weight excluding hydrogens is 142 g/mol. The Morgan fingerprint density at radius 1 is 1.27 bits per heavy atom. The van der Waals surface area contributed by atoms with Crippen molar-refractivity contribution in [3.8, 4) is 0 Å². The lowest BCUT2D eigenvalue weighted by Crippen LogP contribution is -2.15. The first-order valence-corrected chi connectivity index (χ1v) is 3.44. The number of Topliss-reactive ketones (excluding diaryl/α,β-unsaturated/α-hetero) is 2. The van der Waals surface area contributed by atoms with Crippen LogP contribution in [-0.2, 0) is 0 Å². The van der Waals surface area contributed by atoms with Gasteiger partial charge in [-0.15, -0.1) is 0 Å². The highest BCUT2D eigenvalue weighted by atomic mass is 16.1. The normalized spacial score (nSPS) is 16.7. The molecule has 0 saturated heterocycles. The highest BCUT2D eigenvalue weighted by molar-refractivity contribution is 6.12. The van der Waals surface area contributed by atoms with E-state index >= 15 is 0 Å². The van der Waals surface area contributed by atoms with Crippen molar-refractivity contribution in [2.45, 2.75) is 12.8 Å². The van der Waals surface area contributed by atoms with Crippen molar-refractivity contribution in [1.29, 1.82) is 0 Å². The van der Waals surface area contributed by atoms with Crippen molar-refractivity contribution in [2.24, 2.45) is 0 Å². The van der Waals surface area contributed by atoms with Crippen molar-refractivity contribution in [1.82, 2.24) is 4.98 Å². The number of hydrogen-bond acceptors (Lipinski definition) is 2. The van der Waals surface area contributed by atoms with E-state index in [1.54, 1.807) is 0 Å². The number of carbonyl (C=O) groups excluding carboxylic acids is 2. The van der Waals surface area contributed by atoms with Gasteiger partial charge in [-0.1, -0.05) is 0 Å². The highest BCUT2D eigenvalue weighted by Crippen LogP contribution is 2.18. The van der Waals surface area contributed by atoms with Gasteiger partial charge in [0, 0.05) is 25.1 Å². The SMILES string of the molecule is O=C1CCC(=O)c2[nH]c[c]c21. The van der Waals surface area contributed by atoms with Gasteiger partial charge in [0.2, 0.25) is 0 Å². The fourth-order valence-corrected chi connectivity index (χ4v) is 1.24. The smallest absolute Gasteiger partial charge is 0.180 e. The molecule has 0 amide bonds. The first kappa shape index (κ1) is 6.34. The van der Waals surface area contributed by atoms with Gasteiger partial charge in [0.05, 0.1) is 11.3 Å². The number of ketones is 2. The summed E-state index contributed by atoms with van der Waals surface area (Å²) in [6, 6.07) is 2.71. The van der Waals surface area contributed by atoms with Gasteiger partial charge < -0.3 is 4.98 Å². The van der Waals surface area contributed by atoms with Gasteiger partial charge in [-0.05, 0) is 0 Å². The molecule has 1 radical (unpaired) electrons. The fourth-order valence-electron chi connectivity index (χ4n) is 1.24. The lowest BCUT2D eigenvalue weighted by molar-refractivity contribution is 0.0888. The summed E-state index contributed by atoms with van der Waals surface area (Å²) in [5.41, 5.74) is 0.863. The number of nitrogens with one attached hydrogen (secondary N) is 1. The molecule has 0 spiro atoms. The predicted molar refractivity (Wildman–Crippen MR) is 37.5 cm³/mol. The molecule has 3 heteroatoms. The minimum absolute atomic E-state index is 0.0147. The molecular formula is C8H6NO2. The van der Waals surface area contributed by atoms with E-state index in [1.165, 1.54) is 6.20 Å². The molecule has 0 atom stereocenters. The number of carbonyl (C=O) groups is 2. The van der Waals surface area contributed by atoms with E-state index < -0.39 is 0 Å². The molecule has 55 valence electrons. The van der Waals surface area contributed by atoms with Gasteiger partial charge in [0.25, 0.3) is 0 Å². The summed E-state index contributed by atoms with van der Waals surface area (Å²) in [7, 11) is 0. The Morgan fingerprint density at radius 2 is 2.00 bits per heavy atom. The molecule has 0 aliphatic heterocycles. The van der Waals surface area contributed by atoms with Crippen LogP contribution in [0.25, 0.3) is 0 Å². The minimum Gasteiger partial charge on any atom is -0.358 e. The van der Waals surface area contributed by atoms with E-state index in [4.69, 9.17) is 0 Å². The van der Waals surface area contributed by atoms with Crippen LogP contribution in [0.3, 0.4) is 0 Å². The average Bonchev–Trinajstić information content (AvgIpc) is 2.45. The van der Waals surface area contributed by atoms with Crippen molar-refractivity contribution in [3.05, 3.63) is 23.5 Å². The number of hydrogen-bond donors (Lipinski definition) is 1. The maximum absolute atomic E-state index is 11.1. The van der Waals surface area contributed by atoms with Crippen molar-refractivity contribution >= 4 is 11.6 Å². The van der Waals surface area contributed by atoms with E-state index in [1.807, 2.05) is 0 Å². The standard InChI is InChI=1S/C8H6NO2/c10-6-1-2-7(11)8-5(6)3-4-9-8/h4,9H,1-2H2. The average molecular weight is 148 g/mol. The van der Waals surface area contributed by atoms with E-state index in [-0.39, 0.29) is 11.6 Å². The third-order valence-corrected chi connectivity index (χ3v) is 1.82. The number of rotatable bonds is 0. The second kappa shape index (κ2) is 2.05. The molecule has 2 rings (SSSR count). The number of aromatic nitrogens is 1. The molecule has 0 saturated carbocycles. The van der Waals surface area contributed by atoms with Gasteiger partial charge in [-0.2, -0.15) is 0 Å². The van der Waals surface area contributed by atoms with Crippen LogP contribution in [0.2, 0.25) is 0 Å². The van der Waals surface area contributed by atoms with Crippen LogP contribution in [0, 0.1) is 6.07 Å². The van der Waals surface area contributed by atoms with Crippen LogP contribution >= 0.6 is 0 Å². The molecule has 1 N–H and O–H groups in total. The Bertz CT molecular complexity index is 294. The monoisotopic (exact) mass is 148 g/mol. The Labute approximate surface area is 63.4 Å². The zero-order chi connectivity index (χ0) is 7.84. The van der Waals surface area contributed by atoms with E-state index in [0.717, 1.165) is 0 Å². The molecule has 3 nitrogen and oxygen atoms in total. The number of fused-ring (bicyclic) bond motifs is 1. The summed E-state index contributed by atoms with van der Waals surface area (Å²) in [5, 5.41) is 0. The van der Waals surface area contributed by atoms with Crippen LogP contribution < -0.4 is 0 Å². The molecule has 1 aromatic rings. The number of aromatic amines is 1. The maximum Gasteiger partial charge on any atom is 0.180 e. The van der Waals surface area contributed by atoms with Gasteiger partial charge in [0.1, 0.15) is 0 Å².